The second-order valence-corrected chi connectivity index (χ2v) is 5.22. The van der Waals surface area contributed by atoms with Gasteiger partial charge >= 0.3 is 5.97 Å². The Bertz CT molecular complexity index is 547. The number of likely N-dealkylation sites (tertiary alicyclic amines) is 1. The van der Waals surface area contributed by atoms with Crippen molar-refractivity contribution in [1.82, 2.24) is 15.2 Å². The van der Waals surface area contributed by atoms with Crippen molar-refractivity contribution in [3.63, 3.8) is 0 Å². The van der Waals surface area contributed by atoms with Crippen molar-refractivity contribution in [2.75, 3.05) is 6.54 Å². The Kier molecular flexibility index (Phi) is 5.46. The molecule has 2 heterocycles. The predicted molar refractivity (Wildman–Crippen MR) is 77.7 cm³/mol. The van der Waals surface area contributed by atoms with E-state index in [2.05, 4.69) is 10.3 Å². The topological polar surface area (TPSA) is 99.6 Å². The standard InChI is InChI=1S/C15H19N3O4/c19-13(17-10-11-5-7-16-8-6-11)3-4-14(20)18-9-1-2-12(18)15(21)22/h5-8,12H,1-4,9-10H2,(H,17,19)(H,21,22). The van der Waals surface area contributed by atoms with Crippen LogP contribution >= 0.6 is 0 Å². The van der Waals surface area contributed by atoms with E-state index in [1.165, 1.54) is 4.90 Å². The molecule has 118 valence electrons. The maximum Gasteiger partial charge on any atom is 0.326 e. The average molecular weight is 305 g/mol. The first-order valence-electron chi connectivity index (χ1n) is 7.26. The summed E-state index contributed by atoms with van der Waals surface area (Å²) in [5, 5.41) is 11.8. The fourth-order valence-electron chi connectivity index (χ4n) is 2.48. The molecule has 0 spiro atoms. The van der Waals surface area contributed by atoms with Crippen molar-refractivity contribution < 1.29 is 19.5 Å². The molecule has 22 heavy (non-hydrogen) atoms. The molecule has 7 nitrogen and oxygen atoms in total. The SMILES string of the molecule is O=C(CCC(=O)N1CCCC1C(=O)O)NCc1ccncc1. The Morgan fingerprint density at radius 2 is 2.00 bits per heavy atom. The molecule has 0 aliphatic carbocycles. The summed E-state index contributed by atoms with van der Waals surface area (Å²) in [6.45, 7) is 0.839. The van der Waals surface area contributed by atoms with E-state index >= 15 is 0 Å². The Morgan fingerprint density at radius 3 is 2.68 bits per heavy atom. The molecule has 2 rings (SSSR count). The van der Waals surface area contributed by atoms with Crippen molar-refractivity contribution in [2.24, 2.45) is 0 Å². The van der Waals surface area contributed by atoms with Crippen LogP contribution < -0.4 is 5.32 Å². The highest BCUT2D eigenvalue weighted by atomic mass is 16.4. The highest BCUT2D eigenvalue weighted by molar-refractivity contribution is 5.87. The molecule has 1 fully saturated rings. The highest BCUT2D eigenvalue weighted by Crippen LogP contribution is 2.18. The van der Waals surface area contributed by atoms with Gasteiger partial charge in [-0.3, -0.25) is 14.6 Å². The molecule has 1 unspecified atom stereocenters. The van der Waals surface area contributed by atoms with Crippen molar-refractivity contribution in [3.05, 3.63) is 30.1 Å². The highest BCUT2D eigenvalue weighted by Gasteiger charge is 2.33. The van der Waals surface area contributed by atoms with Gasteiger partial charge in [0, 0.05) is 38.3 Å². The molecular weight excluding hydrogens is 286 g/mol. The third-order valence-electron chi connectivity index (χ3n) is 3.66. The van der Waals surface area contributed by atoms with Crippen LogP contribution in [0.5, 0.6) is 0 Å². The summed E-state index contributed by atoms with van der Waals surface area (Å²) in [5.41, 5.74) is 0.931. The number of carboxylic acid groups (broad SMARTS) is 1. The minimum atomic E-state index is -0.979. The van der Waals surface area contributed by atoms with Gasteiger partial charge in [0.1, 0.15) is 6.04 Å². The quantitative estimate of drug-likeness (QED) is 0.799. The lowest BCUT2D eigenvalue weighted by Gasteiger charge is -2.21. The van der Waals surface area contributed by atoms with Crippen LogP contribution in [0.3, 0.4) is 0 Å². The molecule has 0 bridgehead atoms. The van der Waals surface area contributed by atoms with Crippen LogP contribution in [0.4, 0.5) is 0 Å². The first-order chi connectivity index (χ1) is 10.6. The Balaban J connectivity index is 1.74. The van der Waals surface area contributed by atoms with Gasteiger partial charge in [-0.05, 0) is 30.5 Å². The third-order valence-corrected chi connectivity index (χ3v) is 3.66. The molecular formula is C15H19N3O4. The number of nitrogens with one attached hydrogen (secondary N) is 1. The van der Waals surface area contributed by atoms with Crippen LogP contribution in [0.2, 0.25) is 0 Å². The van der Waals surface area contributed by atoms with Crippen LogP contribution in [-0.4, -0.2) is 45.4 Å². The van der Waals surface area contributed by atoms with E-state index in [-0.39, 0.29) is 24.7 Å². The minimum absolute atomic E-state index is 0.0337. The number of nitrogens with zero attached hydrogens (tertiary/aromatic N) is 2. The van der Waals surface area contributed by atoms with Gasteiger partial charge in [0.15, 0.2) is 0 Å². The summed E-state index contributed by atoms with van der Waals surface area (Å²) in [7, 11) is 0. The second kappa shape index (κ2) is 7.53. The molecule has 1 aromatic rings. The molecule has 0 aromatic carbocycles. The molecule has 1 saturated heterocycles. The number of carbonyl (C=O) groups excluding carboxylic acids is 2. The zero-order valence-corrected chi connectivity index (χ0v) is 12.2. The van der Waals surface area contributed by atoms with Crippen LogP contribution in [0.15, 0.2) is 24.5 Å². The first kappa shape index (κ1) is 15.9. The van der Waals surface area contributed by atoms with Gasteiger partial charge in [-0.2, -0.15) is 0 Å². The van der Waals surface area contributed by atoms with E-state index in [0.717, 1.165) is 5.56 Å². The predicted octanol–water partition coefficient (Wildman–Crippen LogP) is 0.554. The zero-order chi connectivity index (χ0) is 15.9. The molecule has 2 amide bonds. The summed E-state index contributed by atoms with van der Waals surface area (Å²) in [4.78, 5) is 40.0. The first-order valence-corrected chi connectivity index (χ1v) is 7.26. The Labute approximate surface area is 128 Å². The fraction of sp³-hybridized carbons (Fsp3) is 0.467. The summed E-state index contributed by atoms with van der Waals surface area (Å²) in [6, 6.07) is 2.85. The summed E-state index contributed by atoms with van der Waals surface area (Å²) in [6.07, 6.45) is 4.56. The van der Waals surface area contributed by atoms with Gasteiger partial charge in [-0.15, -0.1) is 0 Å². The smallest absolute Gasteiger partial charge is 0.326 e. The number of hydrogen-bond donors (Lipinski definition) is 2. The van der Waals surface area contributed by atoms with Crippen LogP contribution in [0.25, 0.3) is 0 Å². The molecule has 1 aliphatic heterocycles. The van der Waals surface area contributed by atoms with E-state index < -0.39 is 12.0 Å². The Morgan fingerprint density at radius 1 is 1.27 bits per heavy atom. The number of carboxylic acids is 1. The maximum atomic E-state index is 12.0. The lowest BCUT2D eigenvalue weighted by atomic mass is 10.2. The van der Waals surface area contributed by atoms with Gasteiger partial charge in [0.2, 0.25) is 11.8 Å². The molecule has 2 N–H and O–H groups in total. The largest absolute Gasteiger partial charge is 0.480 e. The van der Waals surface area contributed by atoms with E-state index in [1.807, 2.05) is 0 Å². The lowest BCUT2D eigenvalue weighted by Crippen LogP contribution is -2.40. The maximum absolute atomic E-state index is 12.0. The van der Waals surface area contributed by atoms with E-state index in [1.54, 1.807) is 24.5 Å². The van der Waals surface area contributed by atoms with E-state index in [0.29, 0.717) is 25.9 Å². The number of rotatable bonds is 6. The van der Waals surface area contributed by atoms with Crippen molar-refractivity contribution in [3.8, 4) is 0 Å². The van der Waals surface area contributed by atoms with Gasteiger partial charge < -0.3 is 15.3 Å². The van der Waals surface area contributed by atoms with Crippen molar-refractivity contribution in [2.45, 2.75) is 38.3 Å². The fourth-order valence-corrected chi connectivity index (χ4v) is 2.48. The van der Waals surface area contributed by atoms with Gasteiger partial charge in [-0.25, -0.2) is 4.79 Å². The third kappa shape index (κ3) is 4.28. The van der Waals surface area contributed by atoms with Crippen LogP contribution in [0.1, 0.15) is 31.2 Å². The summed E-state index contributed by atoms with van der Waals surface area (Å²) >= 11 is 0. The lowest BCUT2D eigenvalue weighted by molar-refractivity contribution is -0.148. The molecule has 0 radical (unpaired) electrons. The number of amides is 2. The second-order valence-electron chi connectivity index (χ2n) is 5.22. The van der Waals surface area contributed by atoms with Crippen LogP contribution in [0, 0.1) is 0 Å². The molecule has 1 atom stereocenters. The van der Waals surface area contributed by atoms with Crippen LogP contribution in [-0.2, 0) is 20.9 Å². The normalized spacial score (nSPS) is 17.3. The van der Waals surface area contributed by atoms with Crippen molar-refractivity contribution in [1.29, 1.82) is 0 Å². The molecule has 0 saturated carbocycles. The number of aliphatic carboxylic acids is 1. The van der Waals surface area contributed by atoms with Gasteiger partial charge in [0.05, 0.1) is 0 Å². The molecule has 1 aliphatic rings. The summed E-state index contributed by atoms with van der Waals surface area (Å²) < 4.78 is 0. The molecule has 7 heteroatoms. The molecule has 1 aromatic heterocycles. The number of pyridine rings is 1. The summed E-state index contributed by atoms with van der Waals surface area (Å²) in [5.74, 6) is -1.48. The van der Waals surface area contributed by atoms with Crippen molar-refractivity contribution >= 4 is 17.8 Å². The van der Waals surface area contributed by atoms with Gasteiger partial charge in [0.25, 0.3) is 0 Å². The zero-order valence-electron chi connectivity index (χ0n) is 12.2. The minimum Gasteiger partial charge on any atom is -0.480 e. The number of hydrogen-bond acceptors (Lipinski definition) is 4. The number of carbonyl (C=O) groups is 3. The number of aromatic nitrogens is 1. The average Bonchev–Trinajstić information content (AvgIpc) is 3.01. The van der Waals surface area contributed by atoms with E-state index in [9.17, 15) is 14.4 Å². The Hall–Kier alpha value is -2.44. The van der Waals surface area contributed by atoms with E-state index in [4.69, 9.17) is 5.11 Å². The van der Waals surface area contributed by atoms with Gasteiger partial charge in [-0.1, -0.05) is 0 Å². The monoisotopic (exact) mass is 305 g/mol.